The molecule has 2 fully saturated rings. The Hall–Kier alpha value is -1.12. The second-order valence-electron chi connectivity index (χ2n) is 6.93. The summed E-state index contributed by atoms with van der Waals surface area (Å²) in [6, 6.07) is 12.6. The Morgan fingerprint density at radius 3 is 2.57 bits per heavy atom. The van der Waals surface area contributed by atoms with Crippen molar-refractivity contribution in [3.8, 4) is 0 Å². The standard InChI is InChI=1S/C19H28N2/c1-15(2)14-17-19(20-17)18(21-12-6-7-13-21)11-10-16-8-4-3-5-9-16/h3-5,8-11,15,17-20H,6-7,12-14H2,1-2H3/b11-10+/t17-,18+,19+/m0/s1. The first kappa shape index (κ1) is 14.8. The molecule has 0 spiro atoms. The van der Waals surface area contributed by atoms with Crippen molar-refractivity contribution in [1.82, 2.24) is 10.2 Å². The highest BCUT2D eigenvalue weighted by molar-refractivity contribution is 5.50. The average Bonchev–Trinajstić information content (AvgIpc) is 3.01. The number of benzene rings is 1. The van der Waals surface area contributed by atoms with E-state index in [2.05, 4.69) is 66.5 Å². The first-order valence-electron chi connectivity index (χ1n) is 8.47. The first-order chi connectivity index (χ1) is 10.2. The predicted octanol–water partition coefficient (Wildman–Crippen LogP) is 3.55. The second-order valence-corrected chi connectivity index (χ2v) is 6.93. The third-order valence-corrected chi connectivity index (χ3v) is 4.67. The second kappa shape index (κ2) is 6.76. The summed E-state index contributed by atoms with van der Waals surface area (Å²) in [4.78, 5) is 2.66. The van der Waals surface area contributed by atoms with Crippen LogP contribution < -0.4 is 5.32 Å². The zero-order valence-corrected chi connectivity index (χ0v) is 13.3. The smallest absolute Gasteiger partial charge is 0.0450 e. The number of nitrogens with zero attached hydrogens (tertiary/aromatic N) is 1. The van der Waals surface area contributed by atoms with Crippen molar-refractivity contribution < 1.29 is 0 Å². The highest BCUT2D eigenvalue weighted by atomic mass is 15.3. The van der Waals surface area contributed by atoms with Crippen LogP contribution in [-0.4, -0.2) is 36.1 Å². The van der Waals surface area contributed by atoms with Gasteiger partial charge in [0, 0.05) is 18.1 Å². The molecule has 0 radical (unpaired) electrons. The van der Waals surface area contributed by atoms with Gasteiger partial charge in [-0.2, -0.15) is 0 Å². The molecule has 2 nitrogen and oxygen atoms in total. The molecule has 3 rings (SSSR count). The number of likely N-dealkylation sites (tertiary alicyclic amines) is 1. The summed E-state index contributed by atoms with van der Waals surface area (Å²) in [5.74, 6) is 0.782. The number of hydrogen-bond donors (Lipinski definition) is 1. The largest absolute Gasteiger partial charge is 0.306 e. The van der Waals surface area contributed by atoms with Gasteiger partial charge < -0.3 is 5.32 Å². The zero-order chi connectivity index (χ0) is 14.7. The zero-order valence-electron chi connectivity index (χ0n) is 13.3. The van der Waals surface area contributed by atoms with Gasteiger partial charge in [0.2, 0.25) is 0 Å². The molecule has 1 aromatic carbocycles. The summed E-state index contributed by atoms with van der Waals surface area (Å²) in [5, 5.41) is 3.72. The number of nitrogens with one attached hydrogen (secondary N) is 1. The highest BCUT2D eigenvalue weighted by Gasteiger charge is 2.43. The van der Waals surface area contributed by atoms with E-state index < -0.39 is 0 Å². The lowest BCUT2D eigenvalue weighted by Gasteiger charge is -2.24. The van der Waals surface area contributed by atoms with Gasteiger partial charge in [0.15, 0.2) is 0 Å². The van der Waals surface area contributed by atoms with Gasteiger partial charge >= 0.3 is 0 Å². The summed E-state index contributed by atoms with van der Waals surface area (Å²) in [6.07, 6.45) is 8.75. The van der Waals surface area contributed by atoms with Crippen molar-refractivity contribution in [1.29, 1.82) is 0 Å². The molecule has 1 aromatic rings. The van der Waals surface area contributed by atoms with Crippen LogP contribution >= 0.6 is 0 Å². The molecule has 0 unspecified atom stereocenters. The minimum absolute atomic E-state index is 0.566. The van der Waals surface area contributed by atoms with Crippen LogP contribution in [-0.2, 0) is 0 Å². The van der Waals surface area contributed by atoms with Gasteiger partial charge in [-0.05, 0) is 43.8 Å². The molecule has 2 aliphatic rings. The van der Waals surface area contributed by atoms with E-state index >= 15 is 0 Å². The van der Waals surface area contributed by atoms with E-state index in [9.17, 15) is 0 Å². The minimum atomic E-state index is 0.566. The van der Waals surface area contributed by atoms with Gasteiger partial charge in [0.25, 0.3) is 0 Å². The van der Waals surface area contributed by atoms with Crippen LogP contribution in [0.25, 0.3) is 6.08 Å². The van der Waals surface area contributed by atoms with Crippen LogP contribution in [0.3, 0.4) is 0 Å². The molecular formula is C19H28N2. The van der Waals surface area contributed by atoms with E-state index in [-0.39, 0.29) is 0 Å². The van der Waals surface area contributed by atoms with Crippen molar-refractivity contribution >= 4 is 6.08 Å². The van der Waals surface area contributed by atoms with Crippen LogP contribution in [0.4, 0.5) is 0 Å². The van der Waals surface area contributed by atoms with Gasteiger partial charge in [-0.1, -0.05) is 56.3 Å². The molecule has 0 bridgehead atoms. The average molecular weight is 284 g/mol. The Balaban J connectivity index is 1.67. The molecule has 2 saturated heterocycles. The maximum Gasteiger partial charge on any atom is 0.0450 e. The van der Waals surface area contributed by atoms with Gasteiger partial charge in [-0.15, -0.1) is 0 Å². The maximum absolute atomic E-state index is 3.72. The number of rotatable bonds is 6. The van der Waals surface area contributed by atoms with E-state index in [4.69, 9.17) is 0 Å². The summed E-state index contributed by atoms with van der Waals surface area (Å²) in [6.45, 7) is 7.16. The fraction of sp³-hybridized carbons (Fsp3) is 0.579. The predicted molar refractivity (Wildman–Crippen MR) is 90.2 cm³/mol. The molecule has 0 amide bonds. The fourth-order valence-electron chi connectivity index (χ4n) is 3.53. The monoisotopic (exact) mass is 284 g/mol. The molecule has 114 valence electrons. The van der Waals surface area contributed by atoms with Crippen LogP contribution in [0.2, 0.25) is 0 Å². The fourth-order valence-corrected chi connectivity index (χ4v) is 3.53. The maximum atomic E-state index is 3.72. The van der Waals surface area contributed by atoms with Gasteiger partial charge in [0.05, 0.1) is 0 Å². The summed E-state index contributed by atoms with van der Waals surface area (Å²) < 4.78 is 0. The lowest BCUT2D eigenvalue weighted by Crippen LogP contribution is -2.37. The minimum Gasteiger partial charge on any atom is -0.306 e. The topological polar surface area (TPSA) is 25.2 Å². The number of hydrogen-bond acceptors (Lipinski definition) is 2. The summed E-state index contributed by atoms with van der Waals surface area (Å²) in [5.41, 5.74) is 1.31. The Morgan fingerprint density at radius 1 is 1.19 bits per heavy atom. The third-order valence-electron chi connectivity index (χ3n) is 4.67. The molecule has 0 aliphatic carbocycles. The molecule has 21 heavy (non-hydrogen) atoms. The van der Waals surface area contributed by atoms with Crippen LogP contribution in [0, 0.1) is 5.92 Å². The van der Waals surface area contributed by atoms with E-state index in [1.54, 1.807) is 0 Å². The van der Waals surface area contributed by atoms with E-state index in [0.29, 0.717) is 12.1 Å². The molecule has 2 aliphatic heterocycles. The molecule has 0 aromatic heterocycles. The summed E-state index contributed by atoms with van der Waals surface area (Å²) >= 11 is 0. The Kier molecular flexibility index (Phi) is 4.77. The first-order valence-corrected chi connectivity index (χ1v) is 8.47. The van der Waals surface area contributed by atoms with Crippen LogP contribution in [0.5, 0.6) is 0 Å². The Bertz CT molecular complexity index is 460. The van der Waals surface area contributed by atoms with E-state index in [1.807, 2.05) is 0 Å². The SMILES string of the molecule is CC(C)C[C@@H]1N[C@H]1[C@@H](/C=C/c1ccccc1)N1CCCC1. The van der Waals surface area contributed by atoms with Crippen molar-refractivity contribution in [3.63, 3.8) is 0 Å². The van der Waals surface area contributed by atoms with E-state index in [1.165, 1.54) is 37.9 Å². The molecule has 3 atom stereocenters. The van der Waals surface area contributed by atoms with Crippen molar-refractivity contribution in [2.24, 2.45) is 5.92 Å². The van der Waals surface area contributed by atoms with Gasteiger partial charge in [0.1, 0.15) is 0 Å². The van der Waals surface area contributed by atoms with Crippen LogP contribution in [0.1, 0.15) is 38.7 Å². The Morgan fingerprint density at radius 2 is 1.90 bits per heavy atom. The van der Waals surface area contributed by atoms with Crippen molar-refractivity contribution in [3.05, 3.63) is 42.0 Å². The van der Waals surface area contributed by atoms with Gasteiger partial charge in [-0.3, -0.25) is 4.90 Å². The van der Waals surface area contributed by atoms with Gasteiger partial charge in [-0.25, -0.2) is 0 Å². The van der Waals surface area contributed by atoms with Crippen molar-refractivity contribution in [2.75, 3.05) is 13.1 Å². The highest BCUT2D eigenvalue weighted by Crippen LogP contribution is 2.28. The van der Waals surface area contributed by atoms with Crippen molar-refractivity contribution in [2.45, 2.75) is 51.2 Å². The lowest BCUT2D eigenvalue weighted by molar-refractivity contribution is 0.277. The Labute approximate surface area is 129 Å². The molecule has 0 saturated carbocycles. The quantitative estimate of drug-likeness (QED) is 0.808. The molecule has 1 N–H and O–H groups in total. The molecule has 2 heteroatoms. The van der Waals surface area contributed by atoms with E-state index in [0.717, 1.165) is 12.0 Å². The normalized spacial score (nSPS) is 27.6. The van der Waals surface area contributed by atoms with Crippen LogP contribution in [0.15, 0.2) is 36.4 Å². The third kappa shape index (κ3) is 3.96. The molecular weight excluding hydrogens is 256 g/mol. The lowest BCUT2D eigenvalue weighted by atomic mass is 10.0. The summed E-state index contributed by atoms with van der Waals surface area (Å²) in [7, 11) is 0. The molecule has 2 heterocycles.